The second-order valence-electron chi connectivity index (χ2n) is 3.77. The monoisotopic (exact) mass is 207 g/mol. The minimum atomic E-state index is 0.436. The summed E-state index contributed by atoms with van der Waals surface area (Å²) in [6, 6.07) is 4.55. The van der Waals surface area contributed by atoms with E-state index in [0.29, 0.717) is 6.04 Å². The summed E-state index contributed by atoms with van der Waals surface area (Å²) in [5.41, 5.74) is 1.21. The maximum Gasteiger partial charge on any atom is 0.127 e. The van der Waals surface area contributed by atoms with Crippen molar-refractivity contribution in [1.29, 1.82) is 0 Å². The van der Waals surface area contributed by atoms with Gasteiger partial charge in [-0.15, -0.1) is 0 Å². The fraction of sp³-hybridized carbons (Fsp3) is 0.545. The number of ether oxygens (including phenoxy) is 1. The largest absolute Gasteiger partial charge is 0.377 e. The van der Waals surface area contributed by atoms with Crippen LogP contribution in [-0.4, -0.2) is 37.8 Å². The molecule has 1 fully saturated rings. The van der Waals surface area contributed by atoms with Crippen LogP contribution >= 0.6 is 0 Å². The number of hydrogen-bond acceptors (Lipinski definition) is 4. The van der Waals surface area contributed by atoms with Crippen LogP contribution in [0.4, 0.5) is 11.5 Å². The lowest BCUT2D eigenvalue weighted by molar-refractivity contribution is 0.0989. The second kappa shape index (κ2) is 4.49. The second-order valence-corrected chi connectivity index (χ2v) is 3.77. The van der Waals surface area contributed by atoms with Gasteiger partial charge in [0, 0.05) is 37.6 Å². The zero-order chi connectivity index (χ0) is 10.7. The highest BCUT2D eigenvalue weighted by Crippen LogP contribution is 2.21. The fourth-order valence-corrected chi connectivity index (χ4v) is 1.85. The first kappa shape index (κ1) is 10.2. The number of nitrogens with zero attached hydrogens (tertiary/aromatic N) is 2. The van der Waals surface area contributed by atoms with Gasteiger partial charge in [-0.05, 0) is 13.0 Å². The topological polar surface area (TPSA) is 37.4 Å². The molecule has 1 atom stereocenters. The number of morpholine rings is 1. The Hall–Kier alpha value is -1.29. The lowest BCUT2D eigenvalue weighted by atomic mass is 10.2. The molecule has 4 nitrogen and oxygen atoms in total. The minimum absolute atomic E-state index is 0.436. The first-order valence-electron chi connectivity index (χ1n) is 5.29. The van der Waals surface area contributed by atoms with Crippen LogP contribution in [0, 0.1) is 0 Å². The molecular formula is C11H17N3O. The van der Waals surface area contributed by atoms with Crippen LogP contribution in [0.5, 0.6) is 0 Å². The van der Waals surface area contributed by atoms with Crippen molar-refractivity contribution in [2.45, 2.75) is 13.0 Å². The molecule has 1 saturated heterocycles. The normalized spacial score (nSPS) is 21.5. The molecule has 0 spiro atoms. The van der Waals surface area contributed by atoms with Crippen molar-refractivity contribution >= 4 is 11.5 Å². The van der Waals surface area contributed by atoms with E-state index in [-0.39, 0.29) is 0 Å². The summed E-state index contributed by atoms with van der Waals surface area (Å²) in [7, 11) is 1.88. The van der Waals surface area contributed by atoms with E-state index in [0.717, 1.165) is 25.6 Å². The van der Waals surface area contributed by atoms with Crippen molar-refractivity contribution in [3.8, 4) is 0 Å². The van der Waals surface area contributed by atoms with Crippen LogP contribution in [0.15, 0.2) is 18.3 Å². The van der Waals surface area contributed by atoms with Gasteiger partial charge in [0.1, 0.15) is 5.82 Å². The van der Waals surface area contributed by atoms with Crippen molar-refractivity contribution < 1.29 is 4.74 Å². The van der Waals surface area contributed by atoms with Gasteiger partial charge >= 0.3 is 0 Å². The van der Waals surface area contributed by atoms with Crippen LogP contribution < -0.4 is 10.2 Å². The number of rotatable bonds is 2. The molecule has 4 heteroatoms. The predicted molar refractivity (Wildman–Crippen MR) is 61.4 cm³/mol. The number of pyridine rings is 1. The van der Waals surface area contributed by atoms with Gasteiger partial charge in [0.05, 0.1) is 13.2 Å². The van der Waals surface area contributed by atoms with Crippen molar-refractivity contribution in [3.05, 3.63) is 18.3 Å². The van der Waals surface area contributed by atoms with Gasteiger partial charge in [-0.2, -0.15) is 0 Å². The molecule has 0 saturated carbocycles. The molecule has 1 aliphatic rings. The Morgan fingerprint density at radius 1 is 1.60 bits per heavy atom. The molecule has 1 unspecified atom stereocenters. The van der Waals surface area contributed by atoms with Gasteiger partial charge in [0.15, 0.2) is 0 Å². The van der Waals surface area contributed by atoms with Crippen molar-refractivity contribution in [1.82, 2.24) is 4.98 Å². The van der Waals surface area contributed by atoms with E-state index in [9.17, 15) is 0 Å². The number of hydrogen-bond donors (Lipinski definition) is 1. The van der Waals surface area contributed by atoms with Crippen molar-refractivity contribution in [3.63, 3.8) is 0 Å². The van der Waals surface area contributed by atoms with Crippen molar-refractivity contribution in [2.24, 2.45) is 0 Å². The quantitative estimate of drug-likeness (QED) is 0.794. The molecule has 1 N–H and O–H groups in total. The highest BCUT2D eigenvalue weighted by molar-refractivity contribution is 5.54. The first-order valence-corrected chi connectivity index (χ1v) is 5.29. The maximum atomic E-state index is 5.42. The van der Waals surface area contributed by atoms with Gasteiger partial charge in [0.2, 0.25) is 0 Å². The van der Waals surface area contributed by atoms with E-state index >= 15 is 0 Å². The number of nitrogens with one attached hydrogen (secondary N) is 1. The van der Waals surface area contributed by atoms with Gasteiger partial charge in [-0.1, -0.05) is 0 Å². The molecule has 0 aromatic carbocycles. The van der Waals surface area contributed by atoms with Crippen LogP contribution in [0.3, 0.4) is 0 Å². The first-order chi connectivity index (χ1) is 7.31. The van der Waals surface area contributed by atoms with Crippen LogP contribution in [-0.2, 0) is 4.74 Å². The average molecular weight is 207 g/mol. The Labute approximate surface area is 90.3 Å². The van der Waals surface area contributed by atoms with Gasteiger partial charge in [-0.25, -0.2) is 4.98 Å². The lowest BCUT2D eigenvalue weighted by Gasteiger charge is -2.35. The van der Waals surface area contributed by atoms with E-state index in [4.69, 9.17) is 4.74 Å². The highest BCUT2D eigenvalue weighted by atomic mass is 16.5. The molecule has 1 aliphatic heterocycles. The molecule has 15 heavy (non-hydrogen) atoms. The molecule has 1 aromatic rings. The molecule has 82 valence electrons. The SMILES string of the molecule is CNc1cc(N2CCOCC2C)ccn1. The highest BCUT2D eigenvalue weighted by Gasteiger charge is 2.19. The zero-order valence-electron chi connectivity index (χ0n) is 9.23. The minimum Gasteiger partial charge on any atom is -0.377 e. The summed E-state index contributed by atoms with van der Waals surface area (Å²) < 4.78 is 5.42. The number of aromatic nitrogens is 1. The summed E-state index contributed by atoms with van der Waals surface area (Å²) in [4.78, 5) is 6.56. The standard InChI is InChI=1S/C11H17N3O/c1-9-8-15-6-5-14(9)10-3-4-13-11(7-10)12-2/h3-4,7,9H,5-6,8H2,1-2H3,(H,12,13). The van der Waals surface area contributed by atoms with E-state index in [1.165, 1.54) is 5.69 Å². The third-order valence-corrected chi connectivity index (χ3v) is 2.70. The van der Waals surface area contributed by atoms with Gasteiger partial charge in [0.25, 0.3) is 0 Å². The Morgan fingerprint density at radius 2 is 2.47 bits per heavy atom. The molecule has 1 aromatic heterocycles. The summed E-state index contributed by atoms with van der Waals surface area (Å²) >= 11 is 0. The Morgan fingerprint density at radius 3 is 3.20 bits per heavy atom. The summed E-state index contributed by atoms with van der Waals surface area (Å²) in [5, 5.41) is 3.05. The van der Waals surface area contributed by atoms with E-state index in [1.54, 1.807) is 0 Å². The molecular weight excluding hydrogens is 190 g/mol. The lowest BCUT2D eigenvalue weighted by Crippen LogP contribution is -2.43. The van der Waals surface area contributed by atoms with Gasteiger partial charge < -0.3 is 15.0 Å². The molecule has 0 bridgehead atoms. The van der Waals surface area contributed by atoms with E-state index in [2.05, 4.69) is 28.2 Å². The Bertz CT molecular complexity index is 329. The summed E-state index contributed by atoms with van der Waals surface area (Å²) in [6.45, 7) is 4.74. The number of anilines is 2. The third-order valence-electron chi connectivity index (χ3n) is 2.70. The van der Waals surface area contributed by atoms with Crippen molar-refractivity contribution in [2.75, 3.05) is 37.0 Å². The zero-order valence-corrected chi connectivity index (χ0v) is 9.23. The molecule has 0 radical (unpaired) electrons. The Kier molecular flexibility index (Phi) is 3.06. The van der Waals surface area contributed by atoms with E-state index in [1.807, 2.05) is 19.3 Å². The maximum absolute atomic E-state index is 5.42. The summed E-state index contributed by atoms with van der Waals surface area (Å²) in [6.07, 6.45) is 1.84. The van der Waals surface area contributed by atoms with Crippen LogP contribution in [0.1, 0.15) is 6.92 Å². The fourth-order valence-electron chi connectivity index (χ4n) is 1.85. The summed E-state index contributed by atoms with van der Waals surface area (Å²) in [5.74, 6) is 0.909. The van der Waals surface area contributed by atoms with Crippen LogP contribution in [0.2, 0.25) is 0 Å². The van der Waals surface area contributed by atoms with Gasteiger partial charge in [-0.3, -0.25) is 0 Å². The average Bonchev–Trinajstić information content (AvgIpc) is 2.30. The third kappa shape index (κ3) is 2.21. The van der Waals surface area contributed by atoms with E-state index < -0.39 is 0 Å². The molecule has 0 aliphatic carbocycles. The smallest absolute Gasteiger partial charge is 0.127 e. The Balaban J connectivity index is 2.19. The molecule has 0 amide bonds. The predicted octanol–water partition coefficient (Wildman–Crippen LogP) is 1.35. The molecule has 2 rings (SSSR count). The van der Waals surface area contributed by atoms with Crippen LogP contribution in [0.25, 0.3) is 0 Å². The molecule has 2 heterocycles.